The molecule has 0 unspecified atom stereocenters. The number of carbonyl (C=O) groups excluding carboxylic acids is 2. The molecule has 0 bridgehead atoms. The average molecular weight is 305 g/mol. The van der Waals surface area contributed by atoms with Gasteiger partial charge in [-0.3, -0.25) is 9.59 Å². The van der Waals surface area contributed by atoms with E-state index in [9.17, 15) is 9.59 Å². The molecule has 0 atom stereocenters. The Bertz CT molecular complexity index is 541. The monoisotopic (exact) mass is 305 g/mol. The summed E-state index contributed by atoms with van der Waals surface area (Å²) in [5.41, 5.74) is -1.45. The molecule has 1 aromatic carbocycles. The third-order valence-corrected chi connectivity index (χ3v) is 3.17. The zero-order chi connectivity index (χ0) is 16.6. The second kappa shape index (κ2) is 8.03. The van der Waals surface area contributed by atoms with Crippen molar-refractivity contribution in [3.05, 3.63) is 29.8 Å². The fourth-order valence-electron chi connectivity index (χ4n) is 2.07. The fourth-order valence-corrected chi connectivity index (χ4v) is 2.07. The van der Waals surface area contributed by atoms with Gasteiger partial charge in [-0.25, -0.2) is 0 Å². The molecule has 118 valence electrons. The SMILES string of the molecule is CCOC(=O)C(CC#N)(C(=O)OCC)c1ccc(OC)cc1. The first kappa shape index (κ1) is 17.5. The van der Waals surface area contributed by atoms with Crippen LogP contribution >= 0.6 is 0 Å². The summed E-state index contributed by atoms with van der Waals surface area (Å²) < 4.78 is 15.1. The van der Waals surface area contributed by atoms with Crippen molar-refractivity contribution in [3.8, 4) is 11.8 Å². The summed E-state index contributed by atoms with van der Waals surface area (Å²) in [7, 11) is 1.51. The Labute approximate surface area is 129 Å². The molecule has 6 nitrogen and oxygen atoms in total. The molecule has 0 saturated heterocycles. The Balaban J connectivity index is 3.42. The molecule has 0 heterocycles. The number of hydrogen-bond acceptors (Lipinski definition) is 6. The molecule has 0 aliphatic rings. The van der Waals surface area contributed by atoms with E-state index in [4.69, 9.17) is 19.5 Å². The van der Waals surface area contributed by atoms with Crippen LogP contribution in [0.15, 0.2) is 24.3 Å². The smallest absolute Gasteiger partial charge is 0.329 e. The van der Waals surface area contributed by atoms with Crippen LogP contribution < -0.4 is 4.74 Å². The van der Waals surface area contributed by atoms with Crippen LogP contribution in [0.25, 0.3) is 0 Å². The van der Waals surface area contributed by atoms with Crippen molar-refractivity contribution < 1.29 is 23.8 Å². The maximum atomic E-state index is 12.4. The normalized spacial score (nSPS) is 10.5. The predicted molar refractivity (Wildman–Crippen MR) is 78.2 cm³/mol. The highest BCUT2D eigenvalue weighted by Gasteiger charge is 2.50. The van der Waals surface area contributed by atoms with Crippen molar-refractivity contribution in [1.82, 2.24) is 0 Å². The molecule has 0 aromatic heterocycles. The molecule has 0 aliphatic heterocycles. The standard InChI is InChI=1S/C16H19NO5/c1-4-21-14(18)16(10-11-17,15(19)22-5-2)12-6-8-13(20-3)9-7-12/h6-9H,4-5,10H2,1-3H3. The lowest BCUT2D eigenvalue weighted by Crippen LogP contribution is -2.46. The molecule has 6 heteroatoms. The zero-order valence-corrected chi connectivity index (χ0v) is 12.9. The van der Waals surface area contributed by atoms with Crippen LogP contribution in [-0.4, -0.2) is 32.3 Å². The first-order valence-electron chi connectivity index (χ1n) is 6.92. The molecule has 0 spiro atoms. The molecule has 0 radical (unpaired) electrons. The Morgan fingerprint density at radius 1 is 1.09 bits per heavy atom. The lowest BCUT2D eigenvalue weighted by Gasteiger charge is -2.27. The van der Waals surface area contributed by atoms with E-state index in [-0.39, 0.29) is 19.6 Å². The number of carbonyl (C=O) groups is 2. The summed E-state index contributed by atoms with van der Waals surface area (Å²) >= 11 is 0. The van der Waals surface area contributed by atoms with E-state index in [1.807, 2.05) is 6.07 Å². The van der Waals surface area contributed by atoms with Crippen LogP contribution in [-0.2, 0) is 24.5 Å². The van der Waals surface area contributed by atoms with Crippen LogP contribution in [0.4, 0.5) is 0 Å². The quantitative estimate of drug-likeness (QED) is 0.565. The molecule has 0 amide bonds. The van der Waals surface area contributed by atoms with Gasteiger partial charge in [-0.1, -0.05) is 12.1 Å². The fraction of sp³-hybridized carbons (Fsp3) is 0.438. The van der Waals surface area contributed by atoms with Gasteiger partial charge in [0.2, 0.25) is 5.41 Å². The van der Waals surface area contributed by atoms with Gasteiger partial charge < -0.3 is 14.2 Å². The highest BCUT2D eigenvalue weighted by molar-refractivity contribution is 6.06. The average Bonchev–Trinajstić information content (AvgIpc) is 2.53. The van der Waals surface area contributed by atoms with Crippen LogP contribution in [0.3, 0.4) is 0 Å². The van der Waals surface area contributed by atoms with E-state index < -0.39 is 17.4 Å². The first-order valence-corrected chi connectivity index (χ1v) is 6.92. The molecule has 0 fully saturated rings. The van der Waals surface area contributed by atoms with Gasteiger partial charge in [0.1, 0.15) is 5.75 Å². The lowest BCUT2D eigenvalue weighted by molar-refractivity contribution is -0.164. The van der Waals surface area contributed by atoms with Gasteiger partial charge in [0.05, 0.1) is 32.8 Å². The van der Waals surface area contributed by atoms with Gasteiger partial charge >= 0.3 is 11.9 Å². The van der Waals surface area contributed by atoms with Gasteiger partial charge in [0, 0.05) is 0 Å². The van der Waals surface area contributed by atoms with Crippen molar-refractivity contribution in [2.75, 3.05) is 20.3 Å². The minimum Gasteiger partial charge on any atom is -0.497 e. The highest BCUT2D eigenvalue weighted by Crippen LogP contribution is 2.32. The van der Waals surface area contributed by atoms with E-state index in [0.717, 1.165) is 0 Å². The number of methoxy groups -OCH3 is 1. The van der Waals surface area contributed by atoms with Gasteiger partial charge in [-0.2, -0.15) is 5.26 Å². The van der Waals surface area contributed by atoms with Crippen LogP contribution in [0.2, 0.25) is 0 Å². The summed E-state index contributed by atoms with van der Waals surface area (Å²) in [5, 5.41) is 9.11. The molecule has 0 N–H and O–H groups in total. The van der Waals surface area contributed by atoms with E-state index >= 15 is 0 Å². The zero-order valence-electron chi connectivity index (χ0n) is 12.9. The second-order valence-electron chi connectivity index (χ2n) is 4.41. The van der Waals surface area contributed by atoms with Crippen LogP contribution in [0.5, 0.6) is 5.75 Å². The minimum absolute atomic E-state index is 0.0988. The summed E-state index contributed by atoms with van der Waals surface area (Å²) in [4.78, 5) is 24.8. The largest absolute Gasteiger partial charge is 0.497 e. The van der Waals surface area contributed by atoms with Gasteiger partial charge in [-0.05, 0) is 31.5 Å². The molecule has 1 aromatic rings. The Hall–Kier alpha value is -2.55. The summed E-state index contributed by atoms with van der Waals surface area (Å²) in [6, 6.07) is 8.22. The second-order valence-corrected chi connectivity index (χ2v) is 4.41. The summed E-state index contributed by atoms with van der Waals surface area (Å²) in [6.45, 7) is 3.46. The molecule has 0 saturated carbocycles. The number of rotatable bonds is 7. The third kappa shape index (κ3) is 3.37. The third-order valence-electron chi connectivity index (χ3n) is 3.17. The Kier molecular flexibility index (Phi) is 6.39. The Morgan fingerprint density at radius 3 is 1.95 bits per heavy atom. The number of nitriles is 1. The van der Waals surface area contributed by atoms with E-state index in [0.29, 0.717) is 11.3 Å². The lowest BCUT2D eigenvalue weighted by atomic mass is 9.77. The van der Waals surface area contributed by atoms with Crippen LogP contribution in [0.1, 0.15) is 25.8 Å². The van der Waals surface area contributed by atoms with Crippen molar-refractivity contribution >= 4 is 11.9 Å². The predicted octanol–water partition coefficient (Wildman–Crippen LogP) is 1.97. The molecule has 1 rings (SSSR count). The molecule has 0 aliphatic carbocycles. The highest BCUT2D eigenvalue weighted by atomic mass is 16.6. The topological polar surface area (TPSA) is 85.6 Å². The minimum atomic E-state index is -1.78. The van der Waals surface area contributed by atoms with Crippen molar-refractivity contribution in [2.45, 2.75) is 25.7 Å². The van der Waals surface area contributed by atoms with Crippen LogP contribution in [0, 0.1) is 11.3 Å². The van der Waals surface area contributed by atoms with Gasteiger partial charge in [0.25, 0.3) is 0 Å². The first-order chi connectivity index (χ1) is 10.6. The number of ether oxygens (including phenoxy) is 3. The van der Waals surface area contributed by atoms with Gasteiger partial charge in [-0.15, -0.1) is 0 Å². The molecular formula is C16H19NO5. The maximum absolute atomic E-state index is 12.4. The number of benzene rings is 1. The van der Waals surface area contributed by atoms with E-state index in [2.05, 4.69) is 0 Å². The molecule has 22 heavy (non-hydrogen) atoms. The summed E-state index contributed by atoms with van der Waals surface area (Å²) in [5.74, 6) is -1.01. The number of esters is 2. The van der Waals surface area contributed by atoms with Crippen molar-refractivity contribution in [3.63, 3.8) is 0 Å². The molecular weight excluding hydrogens is 286 g/mol. The van der Waals surface area contributed by atoms with E-state index in [1.54, 1.807) is 38.1 Å². The Morgan fingerprint density at radius 2 is 1.59 bits per heavy atom. The van der Waals surface area contributed by atoms with Crippen molar-refractivity contribution in [1.29, 1.82) is 5.26 Å². The van der Waals surface area contributed by atoms with Gasteiger partial charge in [0.15, 0.2) is 0 Å². The van der Waals surface area contributed by atoms with Crippen molar-refractivity contribution in [2.24, 2.45) is 0 Å². The number of hydrogen-bond donors (Lipinski definition) is 0. The van der Waals surface area contributed by atoms with E-state index in [1.165, 1.54) is 7.11 Å². The number of nitrogens with zero attached hydrogens (tertiary/aromatic N) is 1. The summed E-state index contributed by atoms with van der Waals surface area (Å²) in [6.07, 6.45) is -0.364. The maximum Gasteiger partial charge on any atom is 0.329 e.